The Morgan fingerprint density at radius 3 is 2.12 bits per heavy atom. The molecule has 0 amide bonds. The molecule has 0 bridgehead atoms. The Morgan fingerprint density at radius 1 is 0.924 bits per heavy atom. The first-order valence-corrected chi connectivity index (χ1v) is 23.0. The summed E-state index contributed by atoms with van der Waals surface area (Å²) in [4.78, 5) is 41.1. The summed E-state index contributed by atoms with van der Waals surface area (Å²) in [5.41, 5.74) is 1.66. The average Bonchev–Trinajstić information content (AvgIpc) is 3.70. The van der Waals surface area contributed by atoms with E-state index < -0.39 is 49.8 Å². The summed E-state index contributed by atoms with van der Waals surface area (Å²) in [6.07, 6.45) is -0.129. The summed E-state index contributed by atoms with van der Waals surface area (Å²) in [5.74, 6) is 6.20. The van der Waals surface area contributed by atoms with Gasteiger partial charge < -0.3 is 33.1 Å². The summed E-state index contributed by atoms with van der Waals surface area (Å²) in [6, 6.07) is 32.5. The topological polar surface area (TPSA) is 175 Å². The third-order valence-corrected chi connectivity index (χ3v) is 13.4. The van der Waals surface area contributed by atoms with Crippen LogP contribution in [0.15, 0.2) is 113 Å². The Morgan fingerprint density at radius 2 is 1.55 bits per heavy atom. The van der Waals surface area contributed by atoms with Crippen LogP contribution >= 0.6 is 8.53 Å². The molecule has 6 rings (SSSR count). The monoisotopic (exact) mass is 916 g/mol. The Hall–Kier alpha value is -6.09. The third-order valence-electron chi connectivity index (χ3n) is 11.2. The fourth-order valence-corrected chi connectivity index (χ4v) is 9.86. The summed E-state index contributed by atoms with van der Waals surface area (Å²) >= 11 is 0. The minimum absolute atomic E-state index is 0.00599. The van der Waals surface area contributed by atoms with Crippen molar-refractivity contribution in [3.05, 3.63) is 163 Å². The molecule has 4 unspecified atom stereocenters. The quantitative estimate of drug-likeness (QED) is 0.0330. The van der Waals surface area contributed by atoms with E-state index >= 15 is 0 Å². The normalized spacial score (nSPS) is 16.5. The number of methoxy groups -OCH3 is 2. The van der Waals surface area contributed by atoms with Crippen LogP contribution in [-0.2, 0) is 30.5 Å². The second-order valence-electron chi connectivity index (χ2n) is 16.3. The first-order chi connectivity index (χ1) is 31.8. The number of nitrogens with one attached hydrogen (secondary N) is 1. The van der Waals surface area contributed by atoms with Gasteiger partial charge >= 0.3 is 11.7 Å². The molecule has 5 aromatic rings. The first kappa shape index (κ1) is 49.3. The van der Waals surface area contributed by atoms with Crippen LogP contribution in [0.2, 0.25) is 0 Å². The number of hydrogen-bond acceptors (Lipinski definition) is 11. The number of nitriles is 1. The van der Waals surface area contributed by atoms with Crippen molar-refractivity contribution >= 4 is 14.5 Å². The summed E-state index contributed by atoms with van der Waals surface area (Å²) in [6.45, 7) is 10.2. The zero-order valence-corrected chi connectivity index (χ0v) is 39.2. The van der Waals surface area contributed by atoms with Gasteiger partial charge in [-0.15, -0.1) is 0 Å². The fraction of sp³-hybridized carbons (Fsp3) is 0.373. The number of nitrogens with zero attached hydrogens (tertiary/aromatic N) is 3. The maximum Gasteiger partial charge on any atom is 0.335 e. The molecular formula is C51H57N4O10P. The molecule has 0 aliphatic carbocycles. The molecule has 2 heterocycles. The zero-order valence-electron chi connectivity index (χ0n) is 38.4. The van der Waals surface area contributed by atoms with Crippen molar-refractivity contribution < 1.29 is 37.9 Å². The van der Waals surface area contributed by atoms with E-state index in [1.54, 1.807) is 26.4 Å². The molecule has 14 nitrogen and oxygen atoms in total. The van der Waals surface area contributed by atoms with Gasteiger partial charge in [0.25, 0.3) is 14.1 Å². The Bertz CT molecular complexity index is 2580. The van der Waals surface area contributed by atoms with Crippen LogP contribution in [0.4, 0.5) is 0 Å². The predicted molar refractivity (Wildman–Crippen MR) is 252 cm³/mol. The lowest BCUT2D eigenvalue weighted by molar-refractivity contribution is -0.0925. The molecule has 1 saturated heterocycles. The molecule has 1 aliphatic rings. The fourth-order valence-electron chi connectivity index (χ4n) is 8.10. The number of aryl methyl sites for hydroxylation is 2. The molecule has 0 spiro atoms. The number of benzene rings is 4. The molecule has 0 radical (unpaired) electrons. The van der Waals surface area contributed by atoms with E-state index in [9.17, 15) is 24.8 Å². The molecular weight excluding hydrogens is 860 g/mol. The number of hydrogen-bond donors (Lipinski definition) is 2. The van der Waals surface area contributed by atoms with Gasteiger partial charge in [0, 0.05) is 31.1 Å². The van der Waals surface area contributed by atoms with Crippen LogP contribution in [-0.4, -0.2) is 77.0 Å². The van der Waals surface area contributed by atoms with E-state index in [1.165, 1.54) is 10.8 Å². The molecule has 1 aromatic heterocycles. The molecule has 15 heteroatoms. The maximum absolute atomic E-state index is 13.7. The van der Waals surface area contributed by atoms with Gasteiger partial charge in [-0.25, -0.2) is 14.3 Å². The number of carbonyl (C=O) groups is 1. The highest BCUT2D eigenvalue weighted by molar-refractivity contribution is 7.44. The van der Waals surface area contributed by atoms with Crippen molar-refractivity contribution in [1.29, 1.82) is 5.26 Å². The SMILES string of the molecule is COc1ccc(C(OCC2OC(n3cc(C#CCCc4cc(C)ccc4C(=O)O)c(=O)[nH]c3=O)CC2OP(OCCC#N)N(C(C)C)C(C)C)(c2ccccc2)c2ccc(OC)cc2)cc1. The van der Waals surface area contributed by atoms with E-state index in [-0.39, 0.29) is 55.7 Å². The second-order valence-corrected chi connectivity index (χ2v) is 17.8. The van der Waals surface area contributed by atoms with Crippen molar-refractivity contribution in [2.45, 2.75) is 96.4 Å². The van der Waals surface area contributed by atoms with Crippen molar-refractivity contribution in [1.82, 2.24) is 14.2 Å². The minimum atomic E-state index is -1.76. The van der Waals surface area contributed by atoms with Crippen LogP contribution in [0.1, 0.15) is 96.9 Å². The number of carboxylic acids is 1. The van der Waals surface area contributed by atoms with E-state index in [0.29, 0.717) is 23.5 Å². The van der Waals surface area contributed by atoms with Gasteiger partial charge in [-0.1, -0.05) is 84.1 Å². The highest BCUT2D eigenvalue weighted by Gasteiger charge is 2.45. The van der Waals surface area contributed by atoms with E-state index in [2.05, 4.69) is 27.6 Å². The standard InChI is InChI=1S/C51H57N4O10P/c1-34(2)55(35(3)4)66(63-29-13-28-52)65-45-31-47(54-32-38(48(56)53-50(54)59)15-12-11-14-37-30-36(5)18-27-44(37)49(57)58)64-46(45)33-62-51(39-16-9-8-10-17-39,40-19-23-42(60-6)24-20-40)41-21-25-43(61-7)26-22-41/h8-10,16-27,30,32,34-35,45-47H,11,13-14,29,31,33H2,1-7H3,(H,57,58)(H,53,56,59). The highest BCUT2D eigenvalue weighted by Crippen LogP contribution is 2.50. The van der Waals surface area contributed by atoms with Gasteiger partial charge in [0.2, 0.25) is 0 Å². The minimum Gasteiger partial charge on any atom is -0.497 e. The van der Waals surface area contributed by atoms with Crippen LogP contribution in [0.3, 0.4) is 0 Å². The summed E-state index contributed by atoms with van der Waals surface area (Å²) < 4.78 is 41.9. The molecule has 2 N–H and O–H groups in total. The Kier molecular flexibility index (Phi) is 17.1. The van der Waals surface area contributed by atoms with Crippen LogP contribution in [0, 0.1) is 30.1 Å². The van der Waals surface area contributed by atoms with Crippen molar-refractivity contribution in [2.24, 2.45) is 0 Å². The molecule has 0 saturated carbocycles. The zero-order chi connectivity index (χ0) is 47.4. The number of rotatable bonds is 20. The third kappa shape index (κ3) is 11.6. The number of aromatic nitrogens is 2. The van der Waals surface area contributed by atoms with Gasteiger partial charge in [-0.3, -0.25) is 14.3 Å². The number of aromatic amines is 1. The van der Waals surface area contributed by atoms with Crippen LogP contribution in [0.25, 0.3) is 0 Å². The number of ether oxygens (including phenoxy) is 4. The largest absolute Gasteiger partial charge is 0.497 e. The molecule has 66 heavy (non-hydrogen) atoms. The van der Waals surface area contributed by atoms with Crippen molar-refractivity contribution in [3.63, 3.8) is 0 Å². The lowest BCUT2D eigenvalue weighted by Crippen LogP contribution is -2.39. The lowest BCUT2D eigenvalue weighted by Gasteiger charge is -2.39. The van der Waals surface area contributed by atoms with Crippen molar-refractivity contribution in [2.75, 3.05) is 27.4 Å². The first-order valence-electron chi connectivity index (χ1n) is 21.9. The molecule has 4 atom stereocenters. The van der Waals surface area contributed by atoms with Crippen molar-refractivity contribution in [3.8, 4) is 29.4 Å². The molecule has 346 valence electrons. The summed E-state index contributed by atoms with van der Waals surface area (Å²) in [5, 5.41) is 19.1. The molecule has 4 aromatic carbocycles. The van der Waals surface area contributed by atoms with E-state index in [1.807, 2.05) is 120 Å². The summed E-state index contributed by atoms with van der Waals surface area (Å²) in [7, 11) is 1.46. The Labute approximate surface area is 387 Å². The van der Waals surface area contributed by atoms with E-state index in [4.69, 9.17) is 28.0 Å². The van der Waals surface area contributed by atoms with Gasteiger partial charge in [0.05, 0.1) is 51.6 Å². The predicted octanol–water partition coefficient (Wildman–Crippen LogP) is 8.50. The number of aromatic carboxylic acids is 1. The smallest absolute Gasteiger partial charge is 0.335 e. The lowest BCUT2D eigenvalue weighted by atomic mass is 9.80. The van der Waals surface area contributed by atoms with Gasteiger partial charge in [0.15, 0.2) is 0 Å². The maximum atomic E-state index is 13.7. The van der Waals surface area contributed by atoms with Crippen LogP contribution in [0.5, 0.6) is 11.5 Å². The van der Waals surface area contributed by atoms with Gasteiger partial charge in [-0.2, -0.15) is 5.26 Å². The number of H-pyrrole nitrogens is 1. The number of carboxylic acid groups (broad SMARTS) is 1. The average molecular weight is 917 g/mol. The van der Waals surface area contributed by atoms with Gasteiger partial charge in [-0.05, 0) is 93.6 Å². The second kappa shape index (κ2) is 22.9. The highest BCUT2D eigenvalue weighted by atomic mass is 31.2. The van der Waals surface area contributed by atoms with Gasteiger partial charge in [0.1, 0.15) is 35.0 Å². The molecule has 1 aliphatic heterocycles. The Balaban J connectivity index is 1.40. The van der Waals surface area contributed by atoms with E-state index in [0.717, 1.165) is 22.3 Å². The van der Waals surface area contributed by atoms with Crippen LogP contribution < -0.4 is 20.7 Å². The molecule has 1 fully saturated rings.